The molecular formula is C21H22BrFO2. The van der Waals surface area contributed by atoms with E-state index in [0.29, 0.717) is 5.56 Å². The minimum atomic E-state index is -0.348. The van der Waals surface area contributed by atoms with Gasteiger partial charge >= 0.3 is 0 Å². The first-order valence-electron chi connectivity index (χ1n) is 8.46. The number of ketones is 1. The average molecular weight is 405 g/mol. The Bertz CT molecular complexity index is 678. The Morgan fingerprint density at radius 2 is 1.64 bits per heavy atom. The molecule has 25 heavy (non-hydrogen) atoms. The van der Waals surface area contributed by atoms with Gasteiger partial charge in [0.05, 0.1) is 6.61 Å². The van der Waals surface area contributed by atoms with Gasteiger partial charge in [-0.25, -0.2) is 4.39 Å². The molecule has 0 unspecified atom stereocenters. The van der Waals surface area contributed by atoms with Crippen LogP contribution in [-0.2, 0) is 0 Å². The van der Waals surface area contributed by atoms with Gasteiger partial charge in [-0.3, -0.25) is 4.79 Å². The zero-order valence-electron chi connectivity index (χ0n) is 14.1. The van der Waals surface area contributed by atoms with Crippen LogP contribution in [0.1, 0.15) is 41.6 Å². The monoisotopic (exact) mass is 404 g/mol. The molecule has 2 aromatic rings. The third-order valence-corrected chi connectivity index (χ3v) is 4.29. The van der Waals surface area contributed by atoms with E-state index in [4.69, 9.17) is 4.74 Å². The fraction of sp³-hybridized carbons (Fsp3) is 0.286. The number of unbranched alkanes of at least 4 members (excludes halogenated alkanes) is 3. The molecule has 0 aromatic heterocycles. The van der Waals surface area contributed by atoms with Gasteiger partial charge in [-0.05, 0) is 60.9 Å². The van der Waals surface area contributed by atoms with E-state index in [1.165, 1.54) is 49.6 Å². The molecule has 4 heteroatoms. The molecule has 0 heterocycles. The highest BCUT2D eigenvalue weighted by Gasteiger charge is 2.01. The van der Waals surface area contributed by atoms with Gasteiger partial charge in [0, 0.05) is 10.9 Å². The summed E-state index contributed by atoms with van der Waals surface area (Å²) in [7, 11) is 0. The molecule has 132 valence electrons. The van der Waals surface area contributed by atoms with E-state index in [2.05, 4.69) is 15.9 Å². The van der Waals surface area contributed by atoms with Crippen molar-refractivity contribution in [2.45, 2.75) is 25.7 Å². The number of benzene rings is 2. The van der Waals surface area contributed by atoms with Crippen molar-refractivity contribution >= 4 is 27.8 Å². The maximum atomic E-state index is 12.9. The molecular weight excluding hydrogens is 383 g/mol. The lowest BCUT2D eigenvalue weighted by Crippen LogP contribution is -1.97. The SMILES string of the molecule is O=C(/C=C/c1ccc(OCCCCCCBr)cc1)c1ccc(F)cc1. The van der Waals surface area contributed by atoms with Crippen LogP contribution < -0.4 is 4.74 Å². The van der Waals surface area contributed by atoms with Gasteiger partial charge in [-0.2, -0.15) is 0 Å². The van der Waals surface area contributed by atoms with E-state index in [-0.39, 0.29) is 11.6 Å². The quantitative estimate of drug-likeness (QED) is 0.208. The summed E-state index contributed by atoms with van der Waals surface area (Å²) >= 11 is 3.43. The number of halogens is 2. The summed E-state index contributed by atoms with van der Waals surface area (Å²) in [6.07, 6.45) is 7.90. The highest BCUT2D eigenvalue weighted by atomic mass is 79.9. The molecule has 2 rings (SSSR count). The van der Waals surface area contributed by atoms with Crippen LogP contribution in [0.15, 0.2) is 54.6 Å². The molecule has 0 fully saturated rings. The summed E-state index contributed by atoms with van der Waals surface area (Å²) in [6, 6.07) is 13.2. The lowest BCUT2D eigenvalue weighted by molar-refractivity contribution is 0.104. The standard InChI is InChI=1S/C21H22BrFO2/c22-15-3-1-2-4-16-25-20-12-5-17(6-13-20)7-14-21(24)18-8-10-19(23)11-9-18/h5-14H,1-4,15-16H2/b14-7+. The van der Waals surface area contributed by atoms with Crippen molar-refractivity contribution in [3.05, 3.63) is 71.6 Å². The van der Waals surface area contributed by atoms with Gasteiger partial charge in [0.1, 0.15) is 11.6 Å². The van der Waals surface area contributed by atoms with Crippen LogP contribution >= 0.6 is 15.9 Å². The molecule has 0 aliphatic carbocycles. The first-order valence-corrected chi connectivity index (χ1v) is 9.58. The van der Waals surface area contributed by atoms with E-state index < -0.39 is 0 Å². The van der Waals surface area contributed by atoms with Crippen molar-refractivity contribution in [1.29, 1.82) is 0 Å². The number of carbonyl (C=O) groups excluding carboxylic acids is 1. The van der Waals surface area contributed by atoms with Gasteiger partial charge in [-0.1, -0.05) is 47.0 Å². The Morgan fingerprint density at radius 1 is 0.960 bits per heavy atom. The van der Waals surface area contributed by atoms with Crippen LogP contribution in [0.25, 0.3) is 6.08 Å². The van der Waals surface area contributed by atoms with Crippen LogP contribution in [0.3, 0.4) is 0 Å². The third-order valence-electron chi connectivity index (χ3n) is 3.73. The molecule has 2 nitrogen and oxygen atoms in total. The summed E-state index contributed by atoms with van der Waals surface area (Å²) < 4.78 is 18.6. The molecule has 2 aromatic carbocycles. The largest absolute Gasteiger partial charge is 0.494 e. The summed E-state index contributed by atoms with van der Waals surface area (Å²) in [6.45, 7) is 0.723. The van der Waals surface area contributed by atoms with Gasteiger partial charge in [0.25, 0.3) is 0 Å². The lowest BCUT2D eigenvalue weighted by Gasteiger charge is -2.06. The number of hydrogen-bond acceptors (Lipinski definition) is 2. The predicted octanol–water partition coefficient (Wildman–Crippen LogP) is 6.06. The van der Waals surface area contributed by atoms with Crippen LogP contribution in [-0.4, -0.2) is 17.7 Å². The van der Waals surface area contributed by atoms with Crippen LogP contribution in [0.5, 0.6) is 5.75 Å². The number of rotatable bonds is 10. The molecule has 0 N–H and O–H groups in total. The van der Waals surface area contributed by atoms with E-state index in [1.807, 2.05) is 24.3 Å². The van der Waals surface area contributed by atoms with Crippen molar-refractivity contribution in [3.8, 4) is 5.75 Å². The Morgan fingerprint density at radius 3 is 2.32 bits per heavy atom. The van der Waals surface area contributed by atoms with Crippen LogP contribution in [0.2, 0.25) is 0 Å². The van der Waals surface area contributed by atoms with E-state index in [0.717, 1.165) is 29.7 Å². The highest BCUT2D eigenvalue weighted by molar-refractivity contribution is 9.09. The molecule has 0 atom stereocenters. The smallest absolute Gasteiger partial charge is 0.185 e. The number of allylic oxidation sites excluding steroid dienone is 1. The van der Waals surface area contributed by atoms with Crippen molar-refractivity contribution in [3.63, 3.8) is 0 Å². The maximum Gasteiger partial charge on any atom is 0.185 e. The van der Waals surface area contributed by atoms with E-state index in [9.17, 15) is 9.18 Å². The van der Waals surface area contributed by atoms with Crippen molar-refractivity contribution in [2.24, 2.45) is 0 Å². The maximum absolute atomic E-state index is 12.9. The Balaban J connectivity index is 1.79. The summed E-state index contributed by atoms with van der Waals surface area (Å²) in [5.74, 6) is 0.338. The van der Waals surface area contributed by atoms with Crippen molar-refractivity contribution < 1.29 is 13.9 Å². The topological polar surface area (TPSA) is 26.3 Å². The molecule has 0 spiro atoms. The van der Waals surface area contributed by atoms with Crippen LogP contribution in [0.4, 0.5) is 4.39 Å². The van der Waals surface area contributed by atoms with Gasteiger partial charge in [0.15, 0.2) is 5.78 Å². The molecule has 0 bridgehead atoms. The second kappa shape index (κ2) is 10.8. The second-order valence-electron chi connectivity index (χ2n) is 5.73. The minimum Gasteiger partial charge on any atom is -0.494 e. The summed E-state index contributed by atoms with van der Waals surface area (Å²) in [4.78, 5) is 12.0. The third kappa shape index (κ3) is 7.22. The van der Waals surface area contributed by atoms with E-state index in [1.54, 1.807) is 6.08 Å². The Labute approximate surface area is 156 Å². The first-order chi connectivity index (χ1) is 12.2. The normalized spacial score (nSPS) is 11.0. The highest BCUT2D eigenvalue weighted by Crippen LogP contribution is 2.15. The lowest BCUT2D eigenvalue weighted by atomic mass is 10.1. The Hall–Kier alpha value is -1.94. The second-order valence-corrected chi connectivity index (χ2v) is 6.52. The van der Waals surface area contributed by atoms with Gasteiger partial charge in [-0.15, -0.1) is 0 Å². The average Bonchev–Trinajstić information content (AvgIpc) is 2.64. The number of carbonyl (C=O) groups is 1. The molecule has 0 aliphatic heterocycles. The molecule has 0 saturated carbocycles. The molecule has 0 amide bonds. The summed E-state index contributed by atoms with van der Waals surface area (Å²) in [5.41, 5.74) is 1.39. The fourth-order valence-electron chi connectivity index (χ4n) is 2.30. The summed E-state index contributed by atoms with van der Waals surface area (Å²) in [5, 5.41) is 1.06. The zero-order valence-corrected chi connectivity index (χ0v) is 15.7. The van der Waals surface area contributed by atoms with Crippen molar-refractivity contribution in [2.75, 3.05) is 11.9 Å². The van der Waals surface area contributed by atoms with Gasteiger partial charge < -0.3 is 4.74 Å². The number of alkyl halides is 1. The molecule has 0 saturated heterocycles. The number of ether oxygens (including phenoxy) is 1. The number of hydrogen-bond donors (Lipinski definition) is 0. The first kappa shape index (κ1) is 19.4. The zero-order chi connectivity index (χ0) is 17.9. The van der Waals surface area contributed by atoms with E-state index >= 15 is 0 Å². The molecule has 0 radical (unpaired) electrons. The van der Waals surface area contributed by atoms with Crippen LogP contribution in [0, 0.1) is 5.82 Å². The molecule has 0 aliphatic rings. The Kier molecular flexibility index (Phi) is 8.40. The fourth-order valence-corrected chi connectivity index (χ4v) is 2.69. The predicted molar refractivity (Wildman–Crippen MR) is 104 cm³/mol. The minimum absolute atomic E-state index is 0.149. The van der Waals surface area contributed by atoms with Crippen molar-refractivity contribution in [1.82, 2.24) is 0 Å². The van der Waals surface area contributed by atoms with Gasteiger partial charge in [0.2, 0.25) is 0 Å².